The Labute approximate surface area is 140 Å². The number of nitrogens with one attached hydrogen (secondary N) is 2. The average Bonchev–Trinajstić information content (AvgIpc) is 2.54. The van der Waals surface area contributed by atoms with Gasteiger partial charge in [-0.3, -0.25) is 24.1 Å². The molecule has 0 saturated carbocycles. The number of aromatic amines is 2. The molecule has 0 aromatic carbocycles. The number of H-pyrrole nitrogens is 2. The van der Waals surface area contributed by atoms with Crippen molar-refractivity contribution in [1.29, 1.82) is 0 Å². The number of aliphatic hydroxyl groups excluding tert-OH is 4. The van der Waals surface area contributed by atoms with E-state index in [0.29, 0.717) is 0 Å². The van der Waals surface area contributed by atoms with Crippen LogP contribution < -0.4 is 16.8 Å². The molecular formula is C12H13F3N4O7. The number of nitrogens with zero attached hydrogens (tertiary/aromatic N) is 2. The highest BCUT2D eigenvalue weighted by Crippen LogP contribution is 2.25. The van der Waals surface area contributed by atoms with Crippen molar-refractivity contribution >= 4 is 11.2 Å². The predicted octanol–water partition coefficient (Wildman–Crippen LogP) is -3.13. The molecule has 0 amide bonds. The number of rotatable bonds is 5. The molecule has 0 unspecified atom stereocenters. The Morgan fingerprint density at radius 1 is 1.08 bits per heavy atom. The number of aliphatic hydroxyl groups is 4. The number of hydrogen-bond donors (Lipinski definition) is 6. The summed E-state index contributed by atoms with van der Waals surface area (Å²) in [6.45, 7) is -2.02. The lowest BCUT2D eigenvalue weighted by molar-refractivity contribution is -0.142. The zero-order valence-corrected chi connectivity index (χ0v) is 12.7. The van der Waals surface area contributed by atoms with Gasteiger partial charge in [-0.25, -0.2) is 9.78 Å². The third-order valence-electron chi connectivity index (χ3n) is 3.45. The Kier molecular flexibility index (Phi) is 5.31. The van der Waals surface area contributed by atoms with Crippen LogP contribution in [0.4, 0.5) is 13.2 Å². The van der Waals surface area contributed by atoms with Crippen molar-refractivity contribution in [1.82, 2.24) is 19.5 Å². The van der Waals surface area contributed by atoms with Gasteiger partial charge in [-0.2, -0.15) is 13.2 Å². The van der Waals surface area contributed by atoms with E-state index in [9.17, 15) is 42.9 Å². The lowest BCUT2D eigenvalue weighted by Crippen LogP contribution is -2.44. The fourth-order valence-electron chi connectivity index (χ4n) is 2.17. The van der Waals surface area contributed by atoms with Crippen LogP contribution in [0.5, 0.6) is 0 Å². The van der Waals surface area contributed by atoms with Crippen molar-refractivity contribution in [2.45, 2.75) is 31.0 Å². The van der Waals surface area contributed by atoms with E-state index in [1.54, 1.807) is 4.98 Å². The molecule has 6 N–H and O–H groups in total. The summed E-state index contributed by atoms with van der Waals surface area (Å²) in [5.74, 6) is 0. The molecule has 0 fully saturated rings. The Hall–Kier alpha value is -2.55. The van der Waals surface area contributed by atoms with E-state index >= 15 is 0 Å². The van der Waals surface area contributed by atoms with Gasteiger partial charge in [0.05, 0.1) is 13.2 Å². The second-order valence-electron chi connectivity index (χ2n) is 5.29. The van der Waals surface area contributed by atoms with Crippen LogP contribution in [-0.2, 0) is 12.7 Å². The van der Waals surface area contributed by atoms with Gasteiger partial charge in [-0.1, -0.05) is 0 Å². The Balaban J connectivity index is 2.74. The van der Waals surface area contributed by atoms with Gasteiger partial charge in [0.25, 0.3) is 11.1 Å². The van der Waals surface area contributed by atoms with Crippen molar-refractivity contribution in [3.8, 4) is 0 Å². The minimum Gasteiger partial charge on any atom is -0.394 e. The molecule has 26 heavy (non-hydrogen) atoms. The summed E-state index contributed by atoms with van der Waals surface area (Å²) in [5, 5.41) is 37.4. The highest BCUT2D eigenvalue weighted by atomic mass is 19.4. The monoisotopic (exact) mass is 382 g/mol. The van der Waals surface area contributed by atoms with Crippen LogP contribution in [0, 0.1) is 0 Å². The molecule has 144 valence electrons. The second kappa shape index (κ2) is 6.99. The highest BCUT2D eigenvalue weighted by Gasteiger charge is 2.38. The predicted molar refractivity (Wildman–Crippen MR) is 77.4 cm³/mol. The second-order valence-corrected chi connectivity index (χ2v) is 5.29. The van der Waals surface area contributed by atoms with Gasteiger partial charge in [0.1, 0.15) is 24.0 Å². The number of alkyl halides is 3. The van der Waals surface area contributed by atoms with E-state index in [4.69, 9.17) is 5.11 Å². The number of halogens is 3. The molecule has 11 nitrogen and oxygen atoms in total. The molecule has 2 aromatic rings. The van der Waals surface area contributed by atoms with Gasteiger partial charge in [0.2, 0.25) is 5.69 Å². The summed E-state index contributed by atoms with van der Waals surface area (Å²) in [4.78, 5) is 41.7. The van der Waals surface area contributed by atoms with Crippen molar-refractivity contribution in [2.24, 2.45) is 0 Å². The van der Waals surface area contributed by atoms with Gasteiger partial charge in [0.15, 0.2) is 5.52 Å². The van der Waals surface area contributed by atoms with E-state index in [2.05, 4.69) is 4.98 Å². The summed E-state index contributed by atoms with van der Waals surface area (Å²) >= 11 is 0. The first-order valence-corrected chi connectivity index (χ1v) is 6.96. The van der Waals surface area contributed by atoms with E-state index in [1.165, 1.54) is 0 Å². The third-order valence-corrected chi connectivity index (χ3v) is 3.45. The fourth-order valence-corrected chi connectivity index (χ4v) is 2.17. The summed E-state index contributed by atoms with van der Waals surface area (Å²) in [6, 6.07) is 0. The first kappa shape index (κ1) is 19.8. The van der Waals surface area contributed by atoms with Crippen molar-refractivity contribution in [2.75, 3.05) is 6.61 Å². The molecule has 3 atom stereocenters. The smallest absolute Gasteiger partial charge is 0.394 e. The fraction of sp³-hybridized carbons (Fsp3) is 0.500. The molecule has 0 bridgehead atoms. The maximum Gasteiger partial charge on any atom is 0.438 e. The molecule has 0 radical (unpaired) electrons. The molecule has 0 aliphatic heterocycles. The molecule has 2 rings (SSSR count). The van der Waals surface area contributed by atoms with Gasteiger partial charge in [-0.05, 0) is 0 Å². The molecular weight excluding hydrogens is 369 g/mol. The normalized spacial score (nSPS) is 15.8. The van der Waals surface area contributed by atoms with Crippen molar-refractivity contribution in [3.63, 3.8) is 0 Å². The van der Waals surface area contributed by atoms with Crippen LogP contribution >= 0.6 is 0 Å². The van der Waals surface area contributed by atoms with E-state index < -0.39 is 71.3 Å². The molecule has 0 saturated heterocycles. The molecule has 14 heteroatoms. The zero-order valence-electron chi connectivity index (χ0n) is 12.7. The minimum atomic E-state index is -5.25. The number of hydrogen-bond acceptors (Lipinski definition) is 8. The lowest BCUT2D eigenvalue weighted by atomic mass is 10.1. The van der Waals surface area contributed by atoms with E-state index in [0.717, 1.165) is 0 Å². The number of fused-ring (bicyclic) bond motifs is 1. The topological polar surface area (TPSA) is 182 Å². The van der Waals surface area contributed by atoms with Gasteiger partial charge < -0.3 is 20.4 Å². The lowest BCUT2D eigenvalue weighted by Gasteiger charge is -2.23. The molecule has 0 spiro atoms. The van der Waals surface area contributed by atoms with Crippen LogP contribution in [0.2, 0.25) is 0 Å². The average molecular weight is 382 g/mol. The molecule has 0 aliphatic carbocycles. The summed E-state index contributed by atoms with van der Waals surface area (Å²) < 4.78 is 39.2. The van der Waals surface area contributed by atoms with Crippen LogP contribution in [0.1, 0.15) is 5.69 Å². The first-order valence-electron chi connectivity index (χ1n) is 6.96. The summed E-state index contributed by atoms with van der Waals surface area (Å²) in [7, 11) is 0. The van der Waals surface area contributed by atoms with E-state index in [1.807, 2.05) is 4.98 Å². The highest BCUT2D eigenvalue weighted by molar-refractivity contribution is 5.68. The van der Waals surface area contributed by atoms with Gasteiger partial charge >= 0.3 is 11.9 Å². The first-order chi connectivity index (χ1) is 12.0. The maximum absolute atomic E-state index is 13.0. The van der Waals surface area contributed by atoms with Crippen LogP contribution in [0.15, 0.2) is 14.4 Å². The van der Waals surface area contributed by atoms with Gasteiger partial charge in [-0.15, -0.1) is 0 Å². The standard InChI is InChI=1S/C12H13F3N4O7/c13-12(14,15)7-10(25)19(1-3(21)6(23)4(22)2-20)8-5(16-7)9(24)18-11(26)17-8/h3-4,6,20-23H,1-2H2,(H2,17,18,24,26)/t3-,4+,6-/m0/s1. The molecule has 0 aliphatic rings. The van der Waals surface area contributed by atoms with Crippen LogP contribution in [0.3, 0.4) is 0 Å². The largest absolute Gasteiger partial charge is 0.438 e. The Morgan fingerprint density at radius 3 is 2.23 bits per heavy atom. The SMILES string of the molecule is O=c1[nH]c(=O)c2nc(C(F)(F)F)c(=O)n(C[C@H](O)[C@H](O)[C@H](O)CO)c2[nH]1. The van der Waals surface area contributed by atoms with Crippen molar-refractivity contribution < 1.29 is 33.6 Å². The van der Waals surface area contributed by atoms with Crippen LogP contribution in [0.25, 0.3) is 11.2 Å². The summed E-state index contributed by atoms with van der Waals surface area (Å²) in [6.07, 6.45) is -11.1. The number of aromatic nitrogens is 4. The van der Waals surface area contributed by atoms with E-state index in [-0.39, 0.29) is 4.57 Å². The van der Waals surface area contributed by atoms with Crippen LogP contribution in [-0.4, -0.2) is 64.9 Å². The molecule has 2 aromatic heterocycles. The Morgan fingerprint density at radius 2 is 1.69 bits per heavy atom. The third kappa shape index (κ3) is 3.67. The Bertz CT molecular complexity index is 980. The molecule has 2 heterocycles. The van der Waals surface area contributed by atoms with Gasteiger partial charge in [0, 0.05) is 0 Å². The quantitative estimate of drug-likeness (QED) is 0.314. The zero-order chi connectivity index (χ0) is 19.8. The summed E-state index contributed by atoms with van der Waals surface area (Å²) in [5.41, 5.74) is -7.89. The van der Waals surface area contributed by atoms with Crippen molar-refractivity contribution in [3.05, 3.63) is 36.9 Å². The minimum absolute atomic E-state index is 0.194. The maximum atomic E-state index is 13.0.